The van der Waals surface area contributed by atoms with E-state index in [9.17, 15) is 24.3 Å². The lowest BCUT2D eigenvalue weighted by atomic mass is 9.96. The van der Waals surface area contributed by atoms with Crippen LogP contribution in [0.15, 0.2) is 12.5 Å². The Kier molecular flexibility index (Phi) is 15.1. The number of rotatable bonds is 19. The summed E-state index contributed by atoms with van der Waals surface area (Å²) in [6.07, 6.45) is 6.78. The van der Waals surface area contributed by atoms with Gasteiger partial charge in [0.15, 0.2) is 0 Å². The SMILES string of the molecule is CCC(C)C(NC(=O)C(N)CCCCN)C(=O)NC(CCCCN)C(=O)NC(Cc1cnc[nH]1)C(=O)O. The Morgan fingerprint density at radius 2 is 1.57 bits per heavy atom. The van der Waals surface area contributed by atoms with Crippen LogP contribution in [0.25, 0.3) is 0 Å². The van der Waals surface area contributed by atoms with E-state index in [0.29, 0.717) is 50.9 Å². The summed E-state index contributed by atoms with van der Waals surface area (Å²) >= 11 is 0. The number of hydrogen-bond donors (Lipinski definition) is 8. The van der Waals surface area contributed by atoms with Crippen molar-refractivity contribution in [1.29, 1.82) is 0 Å². The number of carbonyl (C=O) groups is 4. The Labute approximate surface area is 218 Å². The molecular weight excluding hydrogens is 480 g/mol. The number of carbonyl (C=O) groups excluding carboxylic acids is 3. The number of nitrogens with one attached hydrogen (secondary N) is 4. The molecule has 0 bridgehead atoms. The third-order valence-corrected chi connectivity index (χ3v) is 6.27. The van der Waals surface area contributed by atoms with Crippen LogP contribution in [0.4, 0.5) is 0 Å². The minimum absolute atomic E-state index is 0.00185. The molecule has 0 spiro atoms. The van der Waals surface area contributed by atoms with Crippen LogP contribution < -0.4 is 33.2 Å². The zero-order valence-corrected chi connectivity index (χ0v) is 21.9. The topological polar surface area (TPSA) is 231 Å². The highest BCUT2D eigenvalue weighted by atomic mass is 16.4. The third kappa shape index (κ3) is 11.7. The molecule has 0 aromatic carbocycles. The molecule has 5 atom stereocenters. The molecule has 1 aromatic rings. The van der Waals surface area contributed by atoms with Gasteiger partial charge in [-0.25, -0.2) is 9.78 Å². The number of amides is 3. The van der Waals surface area contributed by atoms with Crippen LogP contribution >= 0.6 is 0 Å². The summed E-state index contributed by atoms with van der Waals surface area (Å²) in [6.45, 7) is 4.62. The van der Waals surface area contributed by atoms with E-state index in [1.165, 1.54) is 12.5 Å². The Bertz CT molecular complexity index is 835. The van der Waals surface area contributed by atoms with Crippen molar-refractivity contribution in [2.75, 3.05) is 13.1 Å². The minimum Gasteiger partial charge on any atom is -0.480 e. The van der Waals surface area contributed by atoms with Gasteiger partial charge in [0.05, 0.1) is 12.4 Å². The Morgan fingerprint density at radius 1 is 0.946 bits per heavy atom. The van der Waals surface area contributed by atoms with Gasteiger partial charge in [-0.05, 0) is 51.1 Å². The Balaban J connectivity index is 2.96. The van der Waals surface area contributed by atoms with Gasteiger partial charge in [-0.1, -0.05) is 26.7 Å². The lowest BCUT2D eigenvalue weighted by Crippen LogP contribution is -2.58. The number of nitrogens with zero attached hydrogens (tertiary/aromatic N) is 1. The zero-order chi connectivity index (χ0) is 27.8. The molecule has 0 aliphatic heterocycles. The average molecular weight is 525 g/mol. The highest BCUT2D eigenvalue weighted by molar-refractivity contribution is 5.94. The van der Waals surface area contributed by atoms with Gasteiger partial charge in [0.1, 0.15) is 18.1 Å². The van der Waals surface area contributed by atoms with Crippen LogP contribution in [0.5, 0.6) is 0 Å². The van der Waals surface area contributed by atoms with Crippen molar-refractivity contribution >= 4 is 23.7 Å². The largest absolute Gasteiger partial charge is 0.480 e. The second-order valence-electron chi connectivity index (χ2n) is 9.29. The standard InChI is InChI=1S/C24H44N8O5/c1-3-15(2)20(32-21(33)17(27)8-4-6-10-25)23(35)30-18(9-5-7-11-26)22(34)31-19(24(36)37)12-16-13-28-14-29-16/h13-15,17-20H,3-12,25-27H2,1-2H3,(H,28,29)(H,30,35)(H,31,34)(H,32,33)(H,36,37). The first kappa shape index (κ1) is 32.0. The quantitative estimate of drug-likeness (QED) is 0.105. The Hall–Kier alpha value is -3.03. The minimum atomic E-state index is -1.22. The zero-order valence-electron chi connectivity index (χ0n) is 21.9. The molecule has 1 rings (SSSR count). The number of carboxylic acids is 1. The molecule has 37 heavy (non-hydrogen) atoms. The summed E-state index contributed by atoms with van der Waals surface area (Å²) in [5.74, 6) is -3.08. The number of nitrogens with two attached hydrogens (primary N) is 3. The molecular formula is C24H44N8O5. The van der Waals surface area contributed by atoms with E-state index in [0.717, 1.165) is 6.42 Å². The van der Waals surface area contributed by atoms with Crippen molar-refractivity contribution in [3.05, 3.63) is 18.2 Å². The van der Waals surface area contributed by atoms with Gasteiger partial charge in [0, 0.05) is 18.3 Å². The number of carboxylic acid groups (broad SMARTS) is 1. The van der Waals surface area contributed by atoms with E-state index in [1.807, 2.05) is 13.8 Å². The van der Waals surface area contributed by atoms with E-state index >= 15 is 0 Å². The van der Waals surface area contributed by atoms with E-state index in [4.69, 9.17) is 17.2 Å². The molecule has 210 valence electrons. The summed E-state index contributed by atoms with van der Waals surface area (Å²) in [5, 5.41) is 17.6. The Morgan fingerprint density at radius 3 is 2.11 bits per heavy atom. The van der Waals surface area contributed by atoms with Crippen molar-refractivity contribution in [3.8, 4) is 0 Å². The number of aliphatic carboxylic acids is 1. The maximum atomic E-state index is 13.3. The first-order chi connectivity index (χ1) is 17.6. The van der Waals surface area contributed by atoms with E-state index in [2.05, 4.69) is 25.9 Å². The fourth-order valence-corrected chi connectivity index (χ4v) is 3.71. The summed E-state index contributed by atoms with van der Waals surface area (Å²) in [4.78, 5) is 57.5. The van der Waals surface area contributed by atoms with E-state index in [-0.39, 0.29) is 18.8 Å². The predicted molar refractivity (Wildman–Crippen MR) is 139 cm³/mol. The summed E-state index contributed by atoms with van der Waals surface area (Å²) in [5.41, 5.74) is 17.6. The van der Waals surface area contributed by atoms with Gasteiger partial charge in [-0.15, -0.1) is 0 Å². The van der Waals surface area contributed by atoms with Gasteiger partial charge in [0.2, 0.25) is 17.7 Å². The highest BCUT2D eigenvalue weighted by Gasteiger charge is 2.32. The number of unbranched alkanes of at least 4 members (excludes halogenated alkanes) is 2. The molecule has 11 N–H and O–H groups in total. The van der Waals surface area contributed by atoms with Crippen molar-refractivity contribution in [2.45, 2.75) is 89.4 Å². The van der Waals surface area contributed by atoms with Crippen molar-refractivity contribution in [3.63, 3.8) is 0 Å². The molecule has 0 fully saturated rings. The number of aromatic nitrogens is 2. The molecule has 0 saturated carbocycles. The van der Waals surface area contributed by atoms with Crippen molar-refractivity contribution in [2.24, 2.45) is 23.1 Å². The fourth-order valence-electron chi connectivity index (χ4n) is 3.71. The van der Waals surface area contributed by atoms with Gasteiger partial charge in [0.25, 0.3) is 0 Å². The summed E-state index contributed by atoms with van der Waals surface area (Å²) in [7, 11) is 0. The van der Waals surface area contributed by atoms with E-state index < -0.39 is 47.9 Å². The molecule has 3 amide bonds. The van der Waals surface area contributed by atoms with Crippen LogP contribution in [0.2, 0.25) is 0 Å². The summed E-state index contributed by atoms with van der Waals surface area (Å²) in [6, 6.07) is -3.93. The smallest absolute Gasteiger partial charge is 0.326 e. The van der Waals surface area contributed by atoms with Gasteiger partial charge in [-0.3, -0.25) is 14.4 Å². The van der Waals surface area contributed by atoms with Gasteiger partial charge >= 0.3 is 5.97 Å². The third-order valence-electron chi connectivity index (χ3n) is 6.27. The van der Waals surface area contributed by atoms with Crippen LogP contribution in [0.3, 0.4) is 0 Å². The molecule has 0 aliphatic carbocycles. The maximum absolute atomic E-state index is 13.3. The first-order valence-corrected chi connectivity index (χ1v) is 12.9. The molecule has 0 radical (unpaired) electrons. The highest BCUT2D eigenvalue weighted by Crippen LogP contribution is 2.11. The molecule has 0 aliphatic rings. The van der Waals surface area contributed by atoms with Crippen molar-refractivity contribution in [1.82, 2.24) is 25.9 Å². The van der Waals surface area contributed by atoms with Gasteiger partial charge in [-0.2, -0.15) is 0 Å². The van der Waals surface area contributed by atoms with Crippen molar-refractivity contribution < 1.29 is 24.3 Å². The lowest BCUT2D eigenvalue weighted by Gasteiger charge is -2.28. The maximum Gasteiger partial charge on any atom is 0.326 e. The predicted octanol–water partition coefficient (Wildman–Crippen LogP) is -0.877. The fraction of sp³-hybridized carbons (Fsp3) is 0.708. The summed E-state index contributed by atoms with van der Waals surface area (Å²) < 4.78 is 0. The normalized spacial score (nSPS) is 15.2. The second-order valence-corrected chi connectivity index (χ2v) is 9.29. The van der Waals surface area contributed by atoms with Crippen LogP contribution in [-0.4, -0.2) is 76.0 Å². The second kappa shape index (κ2) is 17.4. The van der Waals surface area contributed by atoms with Crippen LogP contribution in [0, 0.1) is 5.92 Å². The lowest BCUT2D eigenvalue weighted by molar-refractivity contribution is -0.142. The molecule has 0 saturated heterocycles. The molecule has 5 unspecified atom stereocenters. The number of hydrogen-bond acceptors (Lipinski definition) is 8. The number of aromatic amines is 1. The first-order valence-electron chi connectivity index (χ1n) is 12.9. The monoisotopic (exact) mass is 524 g/mol. The average Bonchev–Trinajstić information content (AvgIpc) is 3.38. The number of imidazole rings is 1. The van der Waals surface area contributed by atoms with Crippen LogP contribution in [0.1, 0.15) is 64.5 Å². The number of H-pyrrole nitrogens is 1. The van der Waals surface area contributed by atoms with Crippen LogP contribution in [-0.2, 0) is 25.6 Å². The van der Waals surface area contributed by atoms with E-state index in [1.54, 1.807) is 0 Å². The molecule has 13 heteroatoms. The molecule has 1 heterocycles. The van der Waals surface area contributed by atoms with Gasteiger partial charge < -0.3 is 43.2 Å². The molecule has 1 aromatic heterocycles. The molecule has 13 nitrogen and oxygen atoms in total.